The van der Waals surface area contributed by atoms with E-state index in [-0.39, 0.29) is 37.9 Å². The standard InChI is InChI=1S/C19H17FN2O5/c20-13-5-7-14(8-6-13)26-11-12-27-19(25)17-15-3-1-2-4-16(15)18(24)22(21-17)9-10-23/h1-8,23H,9-12H2. The van der Waals surface area contributed by atoms with Gasteiger partial charge in [0.15, 0.2) is 5.69 Å². The minimum atomic E-state index is -0.708. The van der Waals surface area contributed by atoms with Gasteiger partial charge in [0.25, 0.3) is 5.56 Å². The van der Waals surface area contributed by atoms with Crippen LogP contribution in [0, 0.1) is 5.82 Å². The third kappa shape index (κ3) is 4.29. The molecule has 7 nitrogen and oxygen atoms in total. The molecule has 3 rings (SSSR count). The number of hydrogen-bond donors (Lipinski definition) is 1. The molecule has 2 aromatic carbocycles. The number of aliphatic hydroxyl groups is 1. The van der Waals surface area contributed by atoms with Gasteiger partial charge in [-0.05, 0) is 30.3 Å². The van der Waals surface area contributed by atoms with Gasteiger partial charge >= 0.3 is 5.97 Å². The van der Waals surface area contributed by atoms with E-state index in [0.29, 0.717) is 16.5 Å². The summed E-state index contributed by atoms with van der Waals surface area (Å²) in [7, 11) is 0. The SMILES string of the molecule is O=C(OCCOc1ccc(F)cc1)c1nn(CCO)c(=O)c2ccccc12. The Kier molecular flexibility index (Phi) is 5.77. The molecule has 0 spiro atoms. The molecule has 0 aliphatic heterocycles. The maximum atomic E-state index is 12.8. The second kappa shape index (κ2) is 8.41. The zero-order chi connectivity index (χ0) is 19.2. The van der Waals surface area contributed by atoms with E-state index in [9.17, 15) is 14.0 Å². The van der Waals surface area contributed by atoms with Crippen molar-refractivity contribution in [1.82, 2.24) is 9.78 Å². The second-order valence-electron chi connectivity index (χ2n) is 5.58. The van der Waals surface area contributed by atoms with Gasteiger partial charge in [0.1, 0.15) is 24.8 Å². The highest BCUT2D eigenvalue weighted by molar-refractivity contribution is 6.02. The van der Waals surface area contributed by atoms with Crippen LogP contribution in [0.2, 0.25) is 0 Å². The van der Waals surface area contributed by atoms with Crippen LogP contribution >= 0.6 is 0 Å². The van der Waals surface area contributed by atoms with Gasteiger partial charge in [-0.15, -0.1) is 0 Å². The quantitative estimate of drug-likeness (QED) is 0.502. The zero-order valence-corrected chi connectivity index (χ0v) is 14.3. The largest absolute Gasteiger partial charge is 0.490 e. The Hall–Kier alpha value is -3.26. The van der Waals surface area contributed by atoms with Gasteiger partial charge in [-0.25, -0.2) is 13.9 Å². The highest BCUT2D eigenvalue weighted by Crippen LogP contribution is 2.15. The van der Waals surface area contributed by atoms with Crippen LogP contribution in [-0.4, -0.2) is 40.7 Å². The van der Waals surface area contributed by atoms with Gasteiger partial charge in [-0.3, -0.25) is 4.79 Å². The van der Waals surface area contributed by atoms with E-state index in [4.69, 9.17) is 14.6 Å². The number of carbonyl (C=O) groups is 1. The molecule has 0 unspecified atom stereocenters. The van der Waals surface area contributed by atoms with Crippen molar-refractivity contribution < 1.29 is 23.8 Å². The number of aromatic nitrogens is 2. The van der Waals surface area contributed by atoms with E-state index < -0.39 is 11.5 Å². The van der Waals surface area contributed by atoms with Crippen LogP contribution < -0.4 is 10.3 Å². The van der Waals surface area contributed by atoms with Crippen LogP contribution in [-0.2, 0) is 11.3 Å². The van der Waals surface area contributed by atoms with Gasteiger partial charge in [0, 0.05) is 5.39 Å². The summed E-state index contributed by atoms with van der Waals surface area (Å²) < 4.78 is 24.4. The topological polar surface area (TPSA) is 90.7 Å². The van der Waals surface area contributed by atoms with Crippen molar-refractivity contribution in [3.8, 4) is 5.75 Å². The first-order valence-corrected chi connectivity index (χ1v) is 8.26. The first-order chi connectivity index (χ1) is 13.1. The molecule has 0 fully saturated rings. The third-order valence-corrected chi connectivity index (χ3v) is 3.77. The molecule has 1 N–H and O–H groups in total. The summed E-state index contributed by atoms with van der Waals surface area (Å²) in [5, 5.41) is 13.8. The molecule has 1 heterocycles. The van der Waals surface area contributed by atoms with Crippen LogP contribution in [0.4, 0.5) is 4.39 Å². The van der Waals surface area contributed by atoms with E-state index in [1.807, 2.05) is 0 Å². The van der Waals surface area contributed by atoms with Crippen molar-refractivity contribution in [1.29, 1.82) is 0 Å². The Balaban J connectivity index is 1.72. The molecule has 0 saturated carbocycles. The fourth-order valence-corrected chi connectivity index (χ4v) is 2.53. The van der Waals surface area contributed by atoms with Crippen molar-refractivity contribution in [2.45, 2.75) is 6.54 Å². The van der Waals surface area contributed by atoms with Crippen LogP contribution in [0.5, 0.6) is 5.75 Å². The predicted octanol–water partition coefficient (Wildman–Crippen LogP) is 1.76. The lowest BCUT2D eigenvalue weighted by Gasteiger charge is -2.10. The Morgan fingerprint density at radius 2 is 1.78 bits per heavy atom. The molecule has 0 amide bonds. The van der Waals surface area contributed by atoms with Crippen LogP contribution in [0.3, 0.4) is 0 Å². The normalized spacial score (nSPS) is 10.7. The van der Waals surface area contributed by atoms with E-state index in [2.05, 4.69) is 5.10 Å². The molecule has 0 radical (unpaired) electrons. The maximum absolute atomic E-state index is 12.8. The maximum Gasteiger partial charge on any atom is 0.359 e. The number of benzene rings is 2. The molecule has 0 aliphatic rings. The smallest absolute Gasteiger partial charge is 0.359 e. The van der Waals surface area contributed by atoms with Gasteiger partial charge in [0.05, 0.1) is 18.5 Å². The number of hydrogen-bond acceptors (Lipinski definition) is 6. The minimum absolute atomic E-state index is 0.0135. The summed E-state index contributed by atoms with van der Waals surface area (Å²) in [4.78, 5) is 24.7. The number of aliphatic hydroxyl groups excluding tert-OH is 1. The molecular formula is C19H17FN2O5. The molecule has 140 valence electrons. The van der Waals surface area contributed by atoms with Gasteiger partial charge < -0.3 is 14.6 Å². The minimum Gasteiger partial charge on any atom is -0.490 e. The molecule has 0 aliphatic carbocycles. The second-order valence-corrected chi connectivity index (χ2v) is 5.58. The van der Waals surface area contributed by atoms with Crippen molar-refractivity contribution in [3.05, 3.63) is 70.4 Å². The van der Waals surface area contributed by atoms with Gasteiger partial charge in [-0.2, -0.15) is 5.10 Å². The summed E-state index contributed by atoms with van der Waals surface area (Å²) in [6.07, 6.45) is 0. The number of esters is 1. The van der Waals surface area contributed by atoms with Crippen molar-refractivity contribution in [2.24, 2.45) is 0 Å². The lowest BCUT2D eigenvalue weighted by atomic mass is 10.1. The monoisotopic (exact) mass is 372 g/mol. The van der Waals surface area contributed by atoms with Crippen molar-refractivity contribution >= 4 is 16.7 Å². The average Bonchev–Trinajstić information content (AvgIpc) is 2.69. The molecular weight excluding hydrogens is 355 g/mol. The third-order valence-electron chi connectivity index (χ3n) is 3.77. The molecule has 0 saturated heterocycles. The van der Waals surface area contributed by atoms with E-state index in [1.54, 1.807) is 24.3 Å². The number of fused-ring (bicyclic) bond motifs is 1. The summed E-state index contributed by atoms with van der Waals surface area (Å²) in [6.45, 7) is -0.292. The number of carbonyl (C=O) groups excluding carboxylic acids is 1. The summed E-state index contributed by atoms with van der Waals surface area (Å²) >= 11 is 0. The summed E-state index contributed by atoms with van der Waals surface area (Å²) in [6, 6.07) is 12.0. The zero-order valence-electron chi connectivity index (χ0n) is 14.3. The predicted molar refractivity (Wildman–Crippen MR) is 95.3 cm³/mol. The Bertz CT molecular complexity index is 1000. The van der Waals surface area contributed by atoms with E-state index in [0.717, 1.165) is 4.68 Å². The Labute approximate surface area is 153 Å². The molecule has 27 heavy (non-hydrogen) atoms. The number of rotatable bonds is 7. The summed E-state index contributed by atoms with van der Waals surface area (Å²) in [5.41, 5.74) is -0.406. The lowest BCUT2D eigenvalue weighted by Crippen LogP contribution is -2.28. The summed E-state index contributed by atoms with van der Waals surface area (Å²) in [5.74, 6) is -0.627. The number of nitrogens with zero attached hydrogens (tertiary/aromatic N) is 2. The molecule has 1 aromatic heterocycles. The average molecular weight is 372 g/mol. The number of halogens is 1. The first-order valence-electron chi connectivity index (χ1n) is 8.26. The molecule has 0 bridgehead atoms. The van der Waals surface area contributed by atoms with Crippen LogP contribution in [0.15, 0.2) is 53.3 Å². The molecule has 3 aromatic rings. The fourth-order valence-electron chi connectivity index (χ4n) is 2.53. The first kappa shape index (κ1) is 18.5. The lowest BCUT2D eigenvalue weighted by molar-refractivity contribution is 0.0442. The van der Waals surface area contributed by atoms with E-state index in [1.165, 1.54) is 24.3 Å². The highest BCUT2D eigenvalue weighted by atomic mass is 19.1. The van der Waals surface area contributed by atoms with Crippen molar-refractivity contribution in [3.63, 3.8) is 0 Å². The fraction of sp³-hybridized carbons (Fsp3) is 0.211. The Morgan fingerprint density at radius 3 is 2.48 bits per heavy atom. The van der Waals surface area contributed by atoms with Crippen LogP contribution in [0.1, 0.15) is 10.5 Å². The number of ether oxygens (including phenoxy) is 2. The molecule has 0 atom stereocenters. The Morgan fingerprint density at radius 1 is 1.07 bits per heavy atom. The van der Waals surface area contributed by atoms with Crippen molar-refractivity contribution in [2.75, 3.05) is 19.8 Å². The highest BCUT2D eigenvalue weighted by Gasteiger charge is 2.17. The van der Waals surface area contributed by atoms with Gasteiger partial charge in [0.2, 0.25) is 0 Å². The van der Waals surface area contributed by atoms with Crippen LogP contribution in [0.25, 0.3) is 10.8 Å². The van der Waals surface area contributed by atoms with Gasteiger partial charge in [-0.1, -0.05) is 18.2 Å². The molecule has 8 heteroatoms. The van der Waals surface area contributed by atoms with E-state index >= 15 is 0 Å².